The maximum absolute atomic E-state index is 2.25. The van der Waals surface area contributed by atoms with E-state index in [4.69, 9.17) is 0 Å². The van der Waals surface area contributed by atoms with E-state index in [0.717, 1.165) is 0 Å². The highest BCUT2D eigenvalue weighted by molar-refractivity contribution is 5.77. The van der Waals surface area contributed by atoms with Crippen LogP contribution in [0.2, 0.25) is 0 Å². The highest BCUT2D eigenvalue weighted by atomic mass is 15.0. The van der Waals surface area contributed by atoms with Crippen molar-refractivity contribution in [2.24, 2.45) is 56.4 Å². The van der Waals surface area contributed by atoms with Crippen molar-refractivity contribution in [3.63, 3.8) is 0 Å². The Bertz CT molecular complexity index is 4340. The molecule has 8 aromatic heterocycles. The summed E-state index contributed by atoms with van der Waals surface area (Å²) in [6.45, 7) is 15.3. The highest BCUT2D eigenvalue weighted by Gasteiger charge is 2.23. The fourth-order valence-corrected chi connectivity index (χ4v) is 11.9. The fourth-order valence-electron chi connectivity index (χ4n) is 11.9. The summed E-state index contributed by atoms with van der Waals surface area (Å²) in [6, 6.07) is 70.8. The van der Waals surface area contributed by atoms with Crippen molar-refractivity contribution in [2.75, 3.05) is 0 Å². The topological polar surface area (TPSA) is 31.0 Å². The second-order valence-electron chi connectivity index (χ2n) is 22.9. The highest BCUT2D eigenvalue weighted by Crippen LogP contribution is 2.33. The average Bonchev–Trinajstić information content (AvgIpc) is 3.27. The van der Waals surface area contributed by atoms with Gasteiger partial charge in [0.2, 0.25) is 45.6 Å². The van der Waals surface area contributed by atoms with Gasteiger partial charge in [-0.25, -0.2) is 36.5 Å². The van der Waals surface area contributed by atoms with Crippen LogP contribution in [0.1, 0.15) is 38.9 Å². The normalized spacial score (nSPS) is 10.7. The zero-order valence-electron chi connectivity index (χ0n) is 53.7. The van der Waals surface area contributed by atoms with Crippen molar-refractivity contribution in [3.8, 4) is 90.1 Å². The molecule has 12 rings (SSSR count). The van der Waals surface area contributed by atoms with Crippen molar-refractivity contribution in [1.29, 1.82) is 0 Å². The molecule has 4 aromatic carbocycles. The first-order valence-corrected chi connectivity index (χ1v) is 30.0. The minimum atomic E-state index is 1.23. The molecule has 87 heavy (non-hydrogen) atoms. The Morgan fingerprint density at radius 2 is 0.506 bits per heavy atom. The van der Waals surface area contributed by atoms with Gasteiger partial charge in [-0.05, 0) is 167 Å². The first-order valence-electron chi connectivity index (χ1n) is 30.0. The molecule has 434 valence electrons. The second-order valence-corrected chi connectivity index (χ2v) is 22.9. The number of aromatic nitrogens is 8. The van der Waals surface area contributed by atoms with Gasteiger partial charge in [-0.2, -0.15) is 0 Å². The lowest BCUT2D eigenvalue weighted by atomic mass is 9.95. The number of benzene rings is 4. The van der Waals surface area contributed by atoms with Crippen molar-refractivity contribution in [1.82, 2.24) is 0 Å². The maximum Gasteiger partial charge on any atom is 0.215 e. The lowest BCUT2D eigenvalue weighted by Crippen LogP contribution is -2.32. The number of nitrogens with zero attached hydrogens (tertiary/aromatic N) is 8. The van der Waals surface area contributed by atoms with E-state index in [1.807, 2.05) is 0 Å². The molecule has 0 bridgehead atoms. The molecule has 0 aliphatic carbocycles. The van der Waals surface area contributed by atoms with Crippen molar-refractivity contribution in [3.05, 3.63) is 289 Å². The van der Waals surface area contributed by atoms with E-state index < -0.39 is 0 Å². The first kappa shape index (κ1) is 61.6. The number of pyridine rings is 8. The monoisotopic (exact) mass is 1150 g/mol. The van der Waals surface area contributed by atoms with Crippen LogP contribution < -0.4 is 36.5 Å². The predicted molar refractivity (Wildman–Crippen MR) is 352 cm³/mol. The van der Waals surface area contributed by atoms with Gasteiger partial charge in [0, 0.05) is 135 Å². The molecule has 0 aliphatic rings. The summed E-state index contributed by atoms with van der Waals surface area (Å²) in [7, 11) is 16.8. The van der Waals surface area contributed by atoms with Crippen molar-refractivity contribution in [2.45, 2.75) is 48.5 Å². The van der Waals surface area contributed by atoms with Gasteiger partial charge in [-0.3, -0.25) is 0 Å². The largest absolute Gasteiger partial charge is 0.215 e. The van der Waals surface area contributed by atoms with Gasteiger partial charge in [-0.1, -0.05) is 24.3 Å². The zero-order chi connectivity index (χ0) is 61.9. The summed E-state index contributed by atoms with van der Waals surface area (Å²) in [5.41, 5.74) is 29.3. The summed E-state index contributed by atoms with van der Waals surface area (Å²) in [5.74, 6) is 0. The minimum Gasteiger partial charge on any atom is -0.201 e. The number of rotatable bonds is 8. The second kappa shape index (κ2) is 27.9. The van der Waals surface area contributed by atoms with Crippen LogP contribution >= 0.6 is 0 Å². The quantitative estimate of drug-likeness (QED) is 0.136. The van der Waals surface area contributed by atoms with Gasteiger partial charge >= 0.3 is 0 Å². The van der Waals surface area contributed by atoms with E-state index in [-0.39, 0.29) is 0 Å². The number of aryl methyl sites for hydroxylation is 11. The zero-order valence-corrected chi connectivity index (χ0v) is 53.7. The van der Waals surface area contributed by atoms with Crippen LogP contribution in [-0.4, -0.2) is 0 Å². The predicted octanol–water partition coefficient (Wildman–Crippen LogP) is 12.8. The molecule has 0 fully saturated rings. The van der Waals surface area contributed by atoms with Crippen LogP contribution in [0.5, 0.6) is 0 Å². The third kappa shape index (κ3) is 13.9. The summed E-state index contributed by atoms with van der Waals surface area (Å²) in [5, 5.41) is 0. The van der Waals surface area contributed by atoms with E-state index in [2.05, 4.69) is 391 Å². The summed E-state index contributed by atoms with van der Waals surface area (Å²) >= 11 is 0. The molecule has 8 nitrogen and oxygen atoms in total. The molecule has 0 spiro atoms. The average molecular weight is 1150 g/mol. The molecule has 0 radical (unpaired) electrons. The maximum atomic E-state index is 2.25. The number of hydrogen-bond donors (Lipinski definition) is 0. The molecule has 0 saturated heterocycles. The van der Waals surface area contributed by atoms with Gasteiger partial charge in [-0.15, -0.1) is 0 Å². The smallest absolute Gasteiger partial charge is 0.201 e. The molecular weight excluding hydrogens is 1060 g/mol. The van der Waals surface area contributed by atoms with Crippen LogP contribution in [0, 0.1) is 48.5 Å². The van der Waals surface area contributed by atoms with Gasteiger partial charge in [0.25, 0.3) is 0 Å². The van der Waals surface area contributed by atoms with Gasteiger partial charge < -0.3 is 0 Å². The fraction of sp³-hybridized carbons (Fsp3) is 0.190. The molecule has 8 heterocycles. The summed E-state index contributed by atoms with van der Waals surface area (Å²) in [6.07, 6.45) is 16.9. The minimum absolute atomic E-state index is 1.23. The molecule has 8 heteroatoms. The van der Waals surface area contributed by atoms with E-state index in [0.29, 0.717) is 0 Å². The Labute approximate surface area is 517 Å². The van der Waals surface area contributed by atoms with Crippen LogP contribution in [0.3, 0.4) is 0 Å². The van der Waals surface area contributed by atoms with E-state index in [1.165, 1.54) is 129 Å². The van der Waals surface area contributed by atoms with E-state index in [1.54, 1.807) is 0 Å². The molecule has 0 amide bonds. The van der Waals surface area contributed by atoms with E-state index >= 15 is 0 Å². The van der Waals surface area contributed by atoms with Gasteiger partial charge in [0.1, 0.15) is 56.4 Å². The molecule has 0 atom stereocenters. The van der Waals surface area contributed by atoms with Crippen LogP contribution in [-0.2, 0) is 56.4 Å². The molecule has 0 aliphatic heterocycles. The third-order valence-electron chi connectivity index (χ3n) is 16.8. The summed E-state index contributed by atoms with van der Waals surface area (Å²) in [4.78, 5) is 0. The number of hydrogen-bond acceptors (Lipinski definition) is 0. The Morgan fingerprint density at radius 3 is 0.839 bits per heavy atom. The SMILES string of the molecule is Cc1c(-c2cccc[n+]2C)cccc1-c1cccc[n+]1C.Cc1cc[n+](C)c(-c2cccc(-c3cccc[n+]3C)c2C)c1.Cc1ccc(-c2cccc(-c3cccc[n+]3C)c2C)[n+](C)c1.Cc1ccc[n+](C)c1-c1cccc(-c2cccc[n+]2C)c1C. The van der Waals surface area contributed by atoms with Crippen LogP contribution in [0.25, 0.3) is 90.1 Å². The van der Waals surface area contributed by atoms with Crippen LogP contribution in [0.15, 0.2) is 250 Å². The molecular formula is C79H86N8+8. The van der Waals surface area contributed by atoms with Crippen molar-refractivity contribution < 1.29 is 36.5 Å². The summed E-state index contributed by atoms with van der Waals surface area (Å²) < 4.78 is 17.4. The van der Waals surface area contributed by atoms with E-state index in [9.17, 15) is 0 Å². The lowest BCUT2D eigenvalue weighted by Gasteiger charge is -2.10. The Morgan fingerprint density at radius 1 is 0.207 bits per heavy atom. The van der Waals surface area contributed by atoms with Gasteiger partial charge in [0.15, 0.2) is 49.6 Å². The Hall–Kier alpha value is -9.92. The Balaban J connectivity index is 0.000000138. The Kier molecular flexibility index (Phi) is 19.7. The molecule has 12 aromatic rings. The third-order valence-corrected chi connectivity index (χ3v) is 16.8. The molecule has 0 saturated carbocycles. The van der Waals surface area contributed by atoms with Gasteiger partial charge in [0.05, 0.1) is 5.56 Å². The van der Waals surface area contributed by atoms with Crippen molar-refractivity contribution >= 4 is 0 Å². The lowest BCUT2D eigenvalue weighted by molar-refractivity contribution is -0.661. The molecule has 0 unspecified atom stereocenters. The molecule has 0 N–H and O–H groups in total. The van der Waals surface area contributed by atoms with Crippen LogP contribution in [0.4, 0.5) is 0 Å². The standard InChI is InChI=1S/3C20H22N2.C19H20N2/c1-15-9-8-14-22(4)20(15)18-11-7-10-17(16(18)2)19-12-5-6-13-21(19)3;1-15-11-12-20(22(4)14-15)18-9-7-8-17(16(18)2)19-10-5-6-13-21(19)3;1-15-11-13-22(4)20(14-15)18-9-7-8-17(16(18)2)19-10-5-6-12-21(19)3;1-15-16(18-11-4-6-13-20(18)2)9-8-10-17(15)19-12-5-7-14-21(19)3/h3*5-14H,1-4H3;4-14H,1-3H3/q4*+2. The first-order chi connectivity index (χ1) is 41.9.